The number of nitrogens with zero attached hydrogens (tertiary/aromatic N) is 1. The molecule has 0 aliphatic carbocycles. The first-order valence-electron chi connectivity index (χ1n) is 5.57. The molecule has 0 saturated carbocycles. The highest BCUT2D eigenvalue weighted by atomic mass is 79.9. The van der Waals surface area contributed by atoms with Crippen LogP contribution < -0.4 is 11.1 Å². The summed E-state index contributed by atoms with van der Waals surface area (Å²) >= 11 is 3.19. The van der Waals surface area contributed by atoms with Crippen molar-refractivity contribution < 1.29 is 13.6 Å². The Bertz CT molecular complexity index is 692. The van der Waals surface area contributed by atoms with Crippen molar-refractivity contribution in [1.82, 2.24) is 4.98 Å². The highest BCUT2D eigenvalue weighted by Crippen LogP contribution is 2.21. The van der Waals surface area contributed by atoms with E-state index >= 15 is 0 Å². The summed E-state index contributed by atoms with van der Waals surface area (Å²) in [6.07, 6.45) is 0. The Hall–Kier alpha value is -2.02. The molecule has 3 N–H and O–H groups in total. The van der Waals surface area contributed by atoms with Crippen molar-refractivity contribution in [3.05, 3.63) is 51.8 Å². The number of carbonyl (C=O) groups is 1. The molecule has 2 aromatic rings. The largest absolute Gasteiger partial charge is 0.396 e. The lowest BCUT2D eigenvalue weighted by Crippen LogP contribution is -2.16. The van der Waals surface area contributed by atoms with E-state index in [9.17, 15) is 13.6 Å². The molecule has 1 aromatic heterocycles. The van der Waals surface area contributed by atoms with E-state index in [0.29, 0.717) is 16.0 Å². The normalized spacial score (nSPS) is 10.4. The molecule has 7 heteroatoms. The smallest absolute Gasteiger partial charge is 0.258 e. The maximum Gasteiger partial charge on any atom is 0.258 e. The van der Waals surface area contributed by atoms with Crippen LogP contribution in [-0.4, -0.2) is 10.9 Å². The van der Waals surface area contributed by atoms with E-state index in [1.54, 1.807) is 19.1 Å². The van der Waals surface area contributed by atoms with Crippen molar-refractivity contribution in [3.8, 4) is 0 Å². The number of rotatable bonds is 2. The zero-order valence-electron chi connectivity index (χ0n) is 10.4. The van der Waals surface area contributed by atoms with Crippen LogP contribution >= 0.6 is 15.9 Å². The maximum absolute atomic E-state index is 13.7. The van der Waals surface area contributed by atoms with E-state index in [2.05, 4.69) is 26.2 Å². The van der Waals surface area contributed by atoms with E-state index in [1.165, 1.54) is 0 Å². The summed E-state index contributed by atoms with van der Waals surface area (Å²) in [5.74, 6) is -2.52. The van der Waals surface area contributed by atoms with Crippen LogP contribution in [0.3, 0.4) is 0 Å². The molecule has 0 radical (unpaired) electrons. The molecule has 1 heterocycles. The van der Waals surface area contributed by atoms with Crippen molar-refractivity contribution in [3.63, 3.8) is 0 Å². The van der Waals surface area contributed by atoms with Gasteiger partial charge in [-0.25, -0.2) is 13.8 Å². The molecule has 0 spiro atoms. The molecule has 4 nitrogen and oxygen atoms in total. The van der Waals surface area contributed by atoms with E-state index in [-0.39, 0.29) is 0 Å². The van der Waals surface area contributed by atoms with Crippen LogP contribution in [0.5, 0.6) is 0 Å². The summed E-state index contributed by atoms with van der Waals surface area (Å²) in [7, 11) is 0. The number of halogens is 3. The van der Waals surface area contributed by atoms with E-state index in [1.807, 2.05) is 0 Å². The van der Waals surface area contributed by atoms with Gasteiger partial charge >= 0.3 is 0 Å². The minimum atomic E-state index is -0.952. The second-order valence-electron chi connectivity index (χ2n) is 4.08. The SMILES string of the molecule is Cc1nc(Br)ccc1NC(=O)c1cc(F)cc(N)c1F. The van der Waals surface area contributed by atoms with Crippen LogP contribution in [0.25, 0.3) is 0 Å². The fourth-order valence-corrected chi connectivity index (χ4v) is 2.03. The first-order valence-corrected chi connectivity index (χ1v) is 6.37. The van der Waals surface area contributed by atoms with Crippen LogP contribution in [0.2, 0.25) is 0 Å². The van der Waals surface area contributed by atoms with Gasteiger partial charge in [0.15, 0.2) is 5.82 Å². The van der Waals surface area contributed by atoms with Crippen molar-refractivity contribution in [1.29, 1.82) is 0 Å². The summed E-state index contributed by atoms with van der Waals surface area (Å²) in [6.45, 7) is 1.68. The zero-order chi connectivity index (χ0) is 14.9. The van der Waals surface area contributed by atoms with Crippen LogP contribution in [0.1, 0.15) is 16.1 Å². The molecule has 20 heavy (non-hydrogen) atoms. The average Bonchev–Trinajstić information content (AvgIpc) is 2.37. The standard InChI is InChI=1S/C13H10BrF2N3O/c1-6-10(2-3-11(14)18-6)19-13(20)8-4-7(15)5-9(17)12(8)16/h2-5H,17H2,1H3,(H,19,20). The van der Waals surface area contributed by atoms with Crippen molar-refractivity contribution >= 4 is 33.2 Å². The number of nitrogens with one attached hydrogen (secondary N) is 1. The third-order valence-corrected chi connectivity index (χ3v) is 3.05. The monoisotopic (exact) mass is 341 g/mol. The first-order chi connectivity index (χ1) is 9.38. The van der Waals surface area contributed by atoms with Gasteiger partial charge < -0.3 is 11.1 Å². The summed E-state index contributed by atoms with van der Waals surface area (Å²) < 4.78 is 27.5. The quantitative estimate of drug-likeness (QED) is 0.650. The summed E-state index contributed by atoms with van der Waals surface area (Å²) in [5.41, 5.74) is 5.36. The van der Waals surface area contributed by atoms with E-state index in [0.717, 1.165) is 12.1 Å². The number of hydrogen-bond donors (Lipinski definition) is 2. The van der Waals surface area contributed by atoms with E-state index < -0.39 is 28.8 Å². The Labute approximate surface area is 122 Å². The van der Waals surface area contributed by atoms with Gasteiger partial charge in [-0.15, -0.1) is 0 Å². The van der Waals surface area contributed by atoms with Crippen molar-refractivity contribution in [2.75, 3.05) is 11.1 Å². The highest BCUT2D eigenvalue weighted by Gasteiger charge is 2.17. The molecular weight excluding hydrogens is 332 g/mol. The fraction of sp³-hybridized carbons (Fsp3) is 0.0769. The molecule has 2 rings (SSSR count). The Morgan fingerprint density at radius 3 is 2.70 bits per heavy atom. The Balaban J connectivity index is 2.33. The molecular formula is C13H10BrF2N3O. The van der Waals surface area contributed by atoms with Gasteiger partial charge in [0.25, 0.3) is 5.91 Å². The van der Waals surface area contributed by atoms with Gasteiger partial charge in [0, 0.05) is 0 Å². The van der Waals surface area contributed by atoms with Crippen LogP contribution in [0.4, 0.5) is 20.2 Å². The third kappa shape index (κ3) is 2.93. The second-order valence-corrected chi connectivity index (χ2v) is 4.89. The topological polar surface area (TPSA) is 68.0 Å². The molecule has 1 aromatic carbocycles. The van der Waals surface area contributed by atoms with Gasteiger partial charge in [-0.2, -0.15) is 0 Å². The predicted octanol–water partition coefficient (Wildman–Crippen LogP) is 3.27. The van der Waals surface area contributed by atoms with Gasteiger partial charge in [-0.05, 0) is 47.1 Å². The summed E-state index contributed by atoms with van der Waals surface area (Å²) in [6, 6.07) is 4.84. The van der Waals surface area contributed by atoms with Gasteiger partial charge in [0.05, 0.1) is 22.6 Å². The number of aromatic nitrogens is 1. The lowest BCUT2D eigenvalue weighted by Gasteiger charge is -2.09. The van der Waals surface area contributed by atoms with Gasteiger partial charge in [-0.1, -0.05) is 0 Å². The summed E-state index contributed by atoms with van der Waals surface area (Å²) in [4.78, 5) is 16.1. The number of anilines is 2. The molecule has 0 unspecified atom stereocenters. The number of pyridine rings is 1. The number of hydrogen-bond acceptors (Lipinski definition) is 3. The molecule has 1 amide bonds. The van der Waals surface area contributed by atoms with Gasteiger partial charge in [-0.3, -0.25) is 4.79 Å². The Morgan fingerprint density at radius 1 is 1.35 bits per heavy atom. The van der Waals surface area contributed by atoms with E-state index in [4.69, 9.17) is 5.73 Å². The third-order valence-electron chi connectivity index (χ3n) is 2.61. The molecule has 0 aliphatic heterocycles. The first kappa shape index (κ1) is 14.4. The maximum atomic E-state index is 13.7. The molecule has 0 atom stereocenters. The molecule has 0 saturated heterocycles. The Morgan fingerprint density at radius 2 is 2.05 bits per heavy atom. The van der Waals surface area contributed by atoms with Crippen LogP contribution in [0.15, 0.2) is 28.9 Å². The van der Waals surface area contributed by atoms with Crippen molar-refractivity contribution in [2.24, 2.45) is 0 Å². The number of carbonyl (C=O) groups excluding carboxylic acids is 1. The fourth-order valence-electron chi connectivity index (χ4n) is 1.63. The predicted molar refractivity (Wildman–Crippen MR) is 75.4 cm³/mol. The number of aryl methyl sites for hydroxylation is 1. The Kier molecular flexibility index (Phi) is 3.99. The molecule has 104 valence electrons. The number of amides is 1. The molecule has 0 fully saturated rings. The van der Waals surface area contributed by atoms with Crippen LogP contribution in [-0.2, 0) is 0 Å². The van der Waals surface area contributed by atoms with Crippen molar-refractivity contribution in [2.45, 2.75) is 6.92 Å². The second kappa shape index (κ2) is 5.54. The minimum Gasteiger partial charge on any atom is -0.396 e. The zero-order valence-corrected chi connectivity index (χ0v) is 12.0. The van der Waals surface area contributed by atoms with Gasteiger partial charge in [0.2, 0.25) is 0 Å². The number of nitrogens with two attached hydrogens (primary N) is 1. The summed E-state index contributed by atoms with van der Waals surface area (Å²) in [5, 5.41) is 2.46. The number of benzene rings is 1. The van der Waals surface area contributed by atoms with Gasteiger partial charge in [0.1, 0.15) is 10.4 Å². The lowest BCUT2D eigenvalue weighted by atomic mass is 10.1. The average molecular weight is 342 g/mol. The minimum absolute atomic E-state index is 0.403. The van der Waals surface area contributed by atoms with Crippen LogP contribution in [0, 0.1) is 18.6 Å². The highest BCUT2D eigenvalue weighted by molar-refractivity contribution is 9.10. The molecule has 0 aliphatic rings. The molecule has 0 bridgehead atoms. The number of nitrogen functional groups attached to an aromatic ring is 1. The lowest BCUT2D eigenvalue weighted by molar-refractivity contribution is 0.102.